The van der Waals surface area contributed by atoms with Crippen LogP contribution in [-0.2, 0) is 28.6 Å². The van der Waals surface area contributed by atoms with Crippen LogP contribution in [0, 0.1) is 0 Å². The molecule has 0 aliphatic carbocycles. The highest BCUT2D eigenvalue weighted by atomic mass is 16.7. The minimum atomic E-state index is -2.18. The lowest BCUT2D eigenvalue weighted by Gasteiger charge is -2.31. The summed E-state index contributed by atoms with van der Waals surface area (Å²) in [5, 5.41) is 10.8. The predicted octanol–water partition coefficient (Wildman–Crippen LogP) is 3.56. The summed E-state index contributed by atoms with van der Waals surface area (Å²) in [5.74, 6) is -1.25. The molecule has 10 nitrogen and oxygen atoms in total. The van der Waals surface area contributed by atoms with Crippen LogP contribution in [0.4, 0.5) is 0 Å². The molecule has 1 aromatic carbocycles. The molecule has 1 heterocycles. The van der Waals surface area contributed by atoms with E-state index < -0.39 is 41.8 Å². The summed E-state index contributed by atoms with van der Waals surface area (Å²) < 4.78 is 32.7. The number of hydrogen-bond acceptors (Lipinski definition) is 10. The van der Waals surface area contributed by atoms with Gasteiger partial charge in [-0.2, -0.15) is 0 Å². The largest absolute Gasteiger partial charge is 0.493 e. The second-order valence-electron chi connectivity index (χ2n) is 8.53. The minimum Gasteiger partial charge on any atom is -0.493 e. The molecule has 0 unspecified atom stereocenters. The molecular formula is C26H34O10. The van der Waals surface area contributed by atoms with Gasteiger partial charge < -0.3 is 33.5 Å². The van der Waals surface area contributed by atoms with Gasteiger partial charge in [0, 0.05) is 16.7 Å². The number of methoxy groups -OCH3 is 1. The van der Waals surface area contributed by atoms with Crippen LogP contribution < -0.4 is 14.2 Å². The van der Waals surface area contributed by atoms with Crippen molar-refractivity contribution in [3.05, 3.63) is 41.0 Å². The van der Waals surface area contributed by atoms with E-state index in [4.69, 9.17) is 28.4 Å². The van der Waals surface area contributed by atoms with Gasteiger partial charge in [0.25, 0.3) is 0 Å². The molecule has 1 aliphatic rings. The maximum absolute atomic E-state index is 13.0. The van der Waals surface area contributed by atoms with Crippen LogP contribution in [0.3, 0.4) is 0 Å². The summed E-state index contributed by atoms with van der Waals surface area (Å²) in [4.78, 5) is 37.7. The van der Waals surface area contributed by atoms with Crippen molar-refractivity contribution in [2.24, 2.45) is 0 Å². The third-order valence-corrected chi connectivity index (χ3v) is 5.96. The molecule has 0 fully saturated rings. The fourth-order valence-electron chi connectivity index (χ4n) is 3.08. The fourth-order valence-corrected chi connectivity index (χ4v) is 3.08. The standard InChI is InChI=1S/C26H34O10/c1-9-14(3)23(27)35-17(6)26(7,30)25(29)34-16(5)21(36-24(28)15(4)10-2)18-11-19(31-8)22-20(12-18)32-13-33-22/h9-12,16-17,21,30H,13H2,1-8H3/b14-9-,15-10-/t16-,17-,21+,26+/m0/s1. The Hall–Kier alpha value is -3.53. The molecule has 2 rings (SSSR count). The molecule has 0 aromatic heterocycles. The van der Waals surface area contributed by atoms with Gasteiger partial charge in [-0.25, -0.2) is 14.4 Å². The highest BCUT2D eigenvalue weighted by Gasteiger charge is 2.43. The van der Waals surface area contributed by atoms with Crippen molar-refractivity contribution in [2.45, 2.75) is 72.4 Å². The van der Waals surface area contributed by atoms with Crippen molar-refractivity contribution in [2.75, 3.05) is 13.9 Å². The van der Waals surface area contributed by atoms with Gasteiger partial charge >= 0.3 is 17.9 Å². The predicted molar refractivity (Wildman–Crippen MR) is 129 cm³/mol. The van der Waals surface area contributed by atoms with Gasteiger partial charge in [-0.3, -0.25) is 0 Å². The molecule has 0 saturated heterocycles. The number of fused-ring (bicyclic) bond motifs is 1. The van der Waals surface area contributed by atoms with Gasteiger partial charge in [0.1, 0.15) is 12.2 Å². The maximum Gasteiger partial charge on any atom is 0.342 e. The van der Waals surface area contributed by atoms with Crippen LogP contribution in [0.2, 0.25) is 0 Å². The summed E-state index contributed by atoms with van der Waals surface area (Å²) in [6.45, 7) is 10.6. The van der Waals surface area contributed by atoms with E-state index in [0.29, 0.717) is 34.0 Å². The molecular weight excluding hydrogens is 472 g/mol. The molecule has 1 aliphatic heterocycles. The fraction of sp³-hybridized carbons (Fsp3) is 0.500. The van der Waals surface area contributed by atoms with E-state index in [-0.39, 0.29) is 6.79 Å². The Kier molecular flexibility index (Phi) is 9.52. The molecule has 0 bridgehead atoms. The molecule has 0 radical (unpaired) electrons. The second-order valence-corrected chi connectivity index (χ2v) is 8.53. The highest BCUT2D eigenvalue weighted by Crippen LogP contribution is 2.44. The summed E-state index contributed by atoms with van der Waals surface area (Å²) in [6.07, 6.45) is -0.252. The Bertz CT molecular complexity index is 1050. The highest BCUT2D eigenvalue weighted by molar-refractivity contribution is 5.89. The zero-order chi connectivity index (χ0) is 27.2. The summed E-state index contributed by atoms with van der Waals surface area (Å²) in [6, 6.07) is 3.18. The number of allylic oxidation sites excluding steroid dienone is 2. The molecule has 1 N–H and O–H groups in total. The van der Waals surface area contributed by atoms with Crippen molar-refractivity contribution in [1.29, 1.82) is 0 Å². The monoisotopic (exact) mass is 506 g/mol. The van der Waals surface area contributed by atoms with Gasteiger partial charge in [-0.15, -0.1) is 0 Å². The molecule has 0 spiro atoms. The Morgan fingerprint density at radius 3 is 2.14 bits per heavy atom. The first-order valence-corrected chi connectivity index (χ1v) is 11.5. The molecule has 10 heteroatoms. The molecule has 4 atom stereocenters. The third kappa shape index (κ3) is 6.37. The summed E-state index contributed by atoms with van der Waals surface area (Å²) >= 11 is 0. The van der Waals surface area contributed by atoms with E-state index in [1.54, 1.807) is 52.0 Å². The molecule has 0 amide bonds. The molecule has 1 aromatic rings. The third-order valence-electron chi connectivity index (χ3n) is 5.96. The first-order valence-electron chi connectivity index (χ1n) is 11.5. The SMILES string of the molecule is C/C=C(/C)C(=O)O[C@@H](C)[C@@](C)(O)C(=O)O[C@@H](C)[C@@H](OC(=O)/C(C)=C\C)c1cc(OC)c2c(c1)OCO2. The molecule has 36 heavy (non-hydrogen) atoms. The molecule has 198 valence electrons. The van der Waals surface area contributed by atoms with Gasteiger partial charge in [0.05, 0.1) is 7.11 Å². The lowest BCUT2D eigenvalue weighted by Crippen LogP contribution is -2.49. The minimum absolute atomic E-state index is 0.00596. The number of aliphatic hydroxyl groups is 1. The average Bonchev–Trinajstić information content (AvgIpc) is 3.33. The zero-order valence-corrected chi connectivity index (χ0v) is 21.9. The summed E-state index contributed by atoms with van der Waals surface area (Å²) in [5.41, 5.74) is -1.10. The Labute approximate surface area is 210 Å². The van der Waals surface area contributed by atoms with Gasteiger partial charge in [0.2, 0.25) is 12.5 Å². The van der Waals surface area contributed by atoms with Crippen LogP contribution in [0.25, 0.3) is 0 Å². The van der Waals surface area contributed by atoms with Crippen molar-refractivity contribution >= 4 is 17.9 Å². The van der Waals surface area contributed by atoms with E-state index in [0.717, 1.165) is 0 Å². The number of ether oxygens (including phenoxy) is 6. The van der Waals surface area contributed by atoms with E-state index in [1.807, 2.05) is 0 Å². The van der Waals surface area contributed by atoms with Crippen LogP contribution in [-0.4, -0.2) is 54.7 Å². The van der Waals surface area contributed by atoms with E-state index >= 15 is 0 Å². The van der Waals surface area contributed by atoms with Crippen molar-refractivity contribution in [3.63, 3.8) is 0 Å². The van der Waals surface area contributed by atoms with Crippen molar-refractivity contribution < 1.29 is 47.9 Å². The van der Waals surface area contributed by atoms with Crippen LogP contribution >= 0.6 is 0 Å². The lowest BCUT2D eigenvalue weighted by molar-refractivity contribution is -0.192. The first-order chi connectivity index (χ1) is 16.9. The summed E-state index contributed by atoms with van der Waals surface area (Å²) in [7, 11) is 1.45. The quantitative estimate of drug-likeness (QED) is 0.286. The average molecular weight is 507 g/mol. The van der Waals surface area contributed by atoms with Crippen molar-refractivity contribution in [1.82, 2.24) is 0 Å². The second kappa shape index (κ2) is 11.9. The number of hydrogen-bond donors (Lipinski definition) is 1. The normalized spacial score (nSPS) is 17.4. The topological polar surface area (TPSA) is 127 Å². The van der Waals surface area contributed by atoms with Gasteiger partial charge in [-0.1, -0.05) is 12.2 Å². The Balaban J connectivity index is 2.34. The van der Waals surface area contributed by atoms with Crippen molar-refractivity contribution in [3.8, 4) is 17.2 Å². The Morgan fingerprint density at radius 2 is 1.58 bits per heavy atom. The molecule has 0 saturated carbocycles. The zero-order valence-electron chi connectivity index (χ0n) is 21.9. The maximum atomic E-state index is 13.0. The van der Waals surface area contributed by atoms with Crippen LogP contribution in [0.15, 0.2) is 35.4 Å². The number of esters is 3. The first kappa shape index (κ1) is 28.7. The lowest BCUT2D eigenvalue weighted by atomic mass is 9.99. The van der Waals surface area contributed by atoms with E-state index in [9.17, 15) is 19.5 Å². The smallest absolute Gasteiger partial charge is 0.342 e. The number of carbonyl (C=O) groups is 3. The number of rotatable bonds is 10. The van der Waals surface area contributed by atoms with Gasteiger partial charge in [0.15, 0.2) is 23.2 Å². The van der Waals surface area contributed by atoms with E-state index in [1.165, 1.54) is 27.9 Å². The van der Waals surface area contributed by atoms with Crippen LogP contribution in [0.5, 0.6) is 17.2 Å². The number of benzene rings is 1. The van der Waals surface area contributed by atoms with Gasteiger partial charge in [-0.05, 0) is 60.6 Å². The number of carbonyl (C=O) groups excluding carboxylic acids is 3. The van der Waals surface area contributed by atoms with Crippen LogP contribution in [0.1, 0.15) is 60.1 Å². The van der Waals surface area contributed by atoms with E-state index in [2.05, 4.69) is 0 Å². The Morgan fingerprint density at radius 1 is 1.00 bits per heavy atom.